The standard InChI is InChI=1S/C14H23F3O3/c1-5-11(2,3)10(18)20-13(8-6-7-9-13)12(4,19)14(15,16)17/h19H,5-9H2,1-4H3. The van der Waals surface area contributed by atoms with E-state index in [4.69, 9.17) is 4.74 Å². The van der Waals surface area contributed by atoms with E-state index in [2.05, 4.69) is 0 Å². The quantitative estimate of drug-likeness (QED) is 0.806. The molecule has 1 rings (SSSR count). The first kappa shape index (κ1) is 17.3. The van der Waals surface area contributed by atoms with Crippen LogP contribution < -0.4 is 0 Å². The van der Waals surface area contributed by atoms with Gasteiger partial charge in [0.15, 0.2) is 5.60 Å². The highest BCUT2D eigenvalue weighted by molar-refractivity contribution is 5.76. The Morgan fingerprint density at radius 2 is 1.65 bits per heavy atom. The minimum atomic E-state index is -4.84. The van der Waals surface area contributed by atoms with Crippen LogP contribution in [-0.4, -0.2) is 28.5 Å². The average molecular weight is 296 g/mol. The molecule has 0 heterocycles. The molecule has 0 spiro atoms. The number of esters is 1. The molecule has 1 N–H and O–H groups in total. The van der Waals surface area contributed by atoms with Crippen LogP contribution in [0.2, 0.25) is 0 Å². The number of alkyl halides is 3. The van der Waals surface area contributed by atoms with E-state index in [9.17, 15) is 23.1 Å². The van der Waals surface area contributed by atoms with Crippen LogP contribution in [0.5, 0.6) is 0 Å². The second kappa shape index (κ2) is 5.20. The molecule has 0 bridgehead atoms. The van der Waals surface area contributed by atoms with E-state index in [-0.39, 0.29) is 12.8 Å². The summed E-state index contributed by atoms with van der Waals surface area (Å²) in [5, 5.41) is 9.99. The topological polar surface area (TPSA) is 46.5 Å². The Morgan fingerprint density at radius 3 is 2.00 bits per heavy atom. The molecule has 6 heteroatoms. The molecular formula is C14H23F3O3. The summed E-state index contributed by atoms with van der Waals surface area (Å²) in [5.74, 6) is -0.688. The van der Waals surface area contributed by atoms with E-state index in [1.54, 1.807) is 20.8 Å². The van der Waals surface area contributed by atoms with Crippen molar-refractivity contribution in [3.05, 3.63) is 0 Å². The zero-order chi connectivity index (χ0) is 15.8. The van der Waals surface area contributed by atoms with E-state index < -0.39 is 28.8 Å². The monoisotopic (exact) mass is 296 g/mol. The molecule has 20 heavy (non-hydrogen) atoms. The van der Waals surface area contributed by atoms with E-state index in [1.165, 1.54) is 0 Å². The molecule has 1 saturated carbocycles. The Balaban J connectivity index is 3.09. The first-order valence-electron chi connectivity index (χ1n) is 6.92. The van der Waals surface area contributed by atoms with Gasteiger partial charge in [-0.25, -0.2) is 0 Å². The SMILES string of the molecule is CCC(C)(C)C(=O)OC1(C(C)(O)C(F)(F)F)CCCC1. The van der Waals surface area contributed by atoms with Crippen LogP contribution in [0.15, 0.2) is 0 Å². The number of aliphatic hydroxyl groups is 1. The molecule has 0 radical (unpaired) electrons. The van der Waals surface area contributed by atoms with Crippen LogP contribution >= 0.6 is 0 Å². The molecule has 0 aliphatic heterocycles. The first-order valence-corrected chi connectivity index (χ1v) is 6.92. The fourth-order valence-electron chi connectivity index (χ4n) is 2.35. The Kier molecular flexibility index (Phi) is 4.49. The number of carbonyl (C=O) groups is 1. The third-order valence-corrected chi connectivity index (χ3v) is 4.57. The van der Waals surface area contributed by atoms with Crippen molar-refractivity contribution in [1.82, 2.24) is 0 Å². The largest absolute Gasteiger partial charge is 0.455 e. The normalized spacial score (nSPS) is 22.4. The highest BCUT2D eigenvalue weighted by atomic mass is 19.4. The molecule has 1 unspecified atom stereocenters. The van der Waals surface area contributed by atoms with Crippen LogP contribution in [0.3, 0.4) is 0 Å². The highest BCUT2D eigenvalue weighted by Gasteiger charge is 2.66. The van der Waals surface area contributed by atoms with Gasteiger partial charge in [-0.15, -0.1) is 0 Å². The maximum atomic E-state index is 13.1. The van der Waals surface area contributed by atoms with Gasteiger partial charge < -0.3 is 9.84 Å². The Bertz CT molecular complexity index is 366. The van der Waals surface area contributed by atoms with Crippen molar-refractivity contribution in [1.29, 1.82) is 0 Å². The predicted octanol–water partition coefficient (Wildman–Crippen LogP) is 3.59. The van der Waals surface area contributed by atoms with Crippen molar-refractivity contribution >= 4 is 5.97 Å². The van der Waals surface area contributed by atoms with Crippen LogP contribution in [0, 0.1) is 5.41 Å². The van der Waals surface area contributed by atoms with Gasteiger partial charge in [0.1, 0.15) is 5.60 Å². The van der Waals surface area contributed by atoms with Gasteiger partial charge in [0.25, 0.3) is 0 Å². The van der Waals surface area contributed by atoms with Crippen molar-refractivity contribution in [2.75, 3.05) is 0 Å². The van der Waals surface area contributed by atoms with Crippen LogP contribution in [-0.2, 0) is 9.53 Å². The highest BCUT2D eigenvalue weighted by Crippen LogP contribution is 2.49. The van der Waals surface area contributed by atoms with Gasteiger partial charge in [-0.3, -0.25) is 4.79 Å². The van der Waals surface area contributed by atoms with Gasteiger partial charge in [0.2, 0.25) is 0 Å². The minimum absolute atomic E-state index is 0.0328. The maximum Gasteiger partial charge on any atom is 0.420 e. The molecule has 1 fully saturated rings. The average Bonchev–Trinajstić information content (AvgIpc) is 2.77. The van der Waals surface area contributed by atoms with E-state index >= 15 is 0 Å². The van der Waals surface area contributed by atoms with Crippen molar-refractivity contribution in [2.45, 2.75) is 77.2 Å². The van der Waals surface area contributed by atoms with Crippen molar-refractivity contribution in [2.24, 2.45) is 5.41 Å². The fourth-order valence-corrected chi connectivity index (χ4v) is 2.35. The number of ether oxygens (including phenoxy) is 1. The summed E-state index contributed by atoms with van der Waals surface area (Å²) in [7, 11) is 0. The van der Waals surface area contributed by atoms with Gasteiger partial charge in [-0.05, 0) is 52.9 Å². The lowest BCUT2D eigenvalue weighted by molar-refractivity contribution is -0.314. The van der Waals surface area contributed by atoms with E-state index in [1.807, 2.05) is 0 Å². The minimum Gasteiger partial charge on any atom is -0.455 e. The lowest BCUT2D eigenvalue weighted by atomic mass is 9.81. The second-order valence-corrected chi connectivity index (χ2v) is 6.40. The molecular weight excluding hydrogens is 273 g/mol. The Hall–Kier alpha value is -0.780. The lowest BCUT2D eigenvalue weighted by Gasteiger charge is -2.44. The fraction of sp³-hybridized carbons (Fsp3) is 0.929. The zero-order valence-corrected chi connectivity index (χ0v) is 12.4. The first-order chi connectivity index (χ1) is 8.90. The van der Waals surface area contributed by atoms with Gasteiger partial charge >= 0.3 is 12.1 Å². The molecule has 1 aliphatic carbocycles. The second-order valence-electron chi connectivity index (χ2n) is 6.40. The van der Waals surface area contributed by atoms with Crippen molar-refractivity contribution in [3.8, 4) is 0 Å². The molecule has 0 saturated heterocycles. The summed E-state index contributed by atoms with van der Waals surface area (Å²) in [6.45, 7) is 5.72. The summed E-state index contributed by atoms with van der Waals surface area (Å²) in [6.07, 6.45) is -3.31. The van der Waals surface area contributed by atoms with E-state index in [0.29, 0.717) is 26.2 Å². The Labute approximate surface area is 117 Å². The van der Waals surface area contributed by atoms with Gasteiger partial charge in [-0.1, -0.05) is 6.92 Å². The molecule has 1 atom stereocenters. The summed E-state index contributed by atoms with van der Waals surface area (Å²) in [6, 6.07) is 0. The van der Waals surface area contributed by atoms with Gasteiger partial charge in [0.05, 0.1) is 5.41 Å². The number of hydrogen-bond donors (Lipinski definition) is 1. The lowest BCUT2D eigenvalue weighted by Crippen LogP contribution is -2.62. The molecule has 0 amide bonds. The molecule has 3 nitrogen and oxygen atoms in total. The number of carbonyl (C=O) groups excluding carboxylic acids is 1. The number of hydrogen-bond acceptors (Lipinski definition) is 3. The molecule has 0 aromatic rings. The molecule has 0 aromatic carbocycles. The maximum absolute atomic E-state index is 13.1. The van der Waals surface area contributed by atoms with Gasteiger partial charge in [0, 0.05) is 0 Å². The third-order valence-electron chi connectivity index (χ3n) is 4.57. The predicted molar refractivity (Wildman–Crippen MR) is 68.0 cm³/mol. The smallest absolute Gasteiger partial charge is 0.420 e. The van der Waals surface area contributed by atoms with Crippen molar-refractivity contribution in [3.63, 3.8) is 0 Å². The van der Waals surface area contributed by atoms with Crippen molar-refractivity contribution < 1.29 is 27.8 Å². The molecule has 0 aromatic heterocycles. The summed E-state index contributed by atoms with van der Waals surface area (Å²) >= 11 is 0. The molecule has 1 aliphatic rings. The zero-order valence-electron chi connectivity index (χ0n) is 12.4. The Morgan fingerprint density at radius 1 is 1.20 bits per heavy atom. The van der Waals surface area contributed by atoms with Crippen LogP contribution in [0.4, 0.5) is 13.2 Å². The summed E-state index contributed by atoms with van der Waals surface area (Å²) in [4.78, 5) is 12.1. The van der Waals surface area contributed by atoms with Crippen LogP contribution in [0.1, 0.15) is 59.8 Å². The number of rotatable bonds is 4. The summed E-state index contributed by atoms with van der Waals surface area (Å²) < 4.78 is 44.6. The molecule has 118 valence electrons. The third kappa shape index (κ3) is 2.80. The summed E-state index contributed by atoms with van der Waals surface area (Å²) in [5.41, 5.74) is -5.76. The van der Waals surface area contributed by atoms with E-state index in [0.717, 1.165) is 0 Å². The van der Waals surface area contributed by atoms with Crippen LogP contribution in [0.25, 0.3) is 0 Å². The number of halogens is 3. The van der Waals surface area contributed by atoms with Gasteiger partial charge in [-0.2, -0.15) is 13.2 Å².